The zero-order chi connectivity index (χ0) is 18.9. The Kier molecular flexibility index (Phi) is 3.48. The van der Waals surface area contributed by atoms with Crippen LogP contribution in [0.5, 0.6) is 0 Å². The number of aliphatic hydroxyl groups is 1. The standard InChI is InChI=1S/C23H25NO2/c1-14-10-11-18-17(12-14)20-15(2)16-8-6-7-9-19(16)24(20)21(25)23(18,5)13-22(3,4)26/h6-12,26H,13H2,1-5H3/t23-/m1/s1. The highest BCUT2D eigenvalue weighted by Crippen LogP contribution is 2.48. The molecule has 1 aliphatic heterocycles. The van der Waals surface area contributed by atoms with Crippen molar-refractivity contribution < 1.29 is 9.90 Å². The molecule has 0 spiro atoms. The van der Waals surface area contributed by atoms with Gasteiger partial charge in [-0.2, -0.15) is 0 Å². The van der Waals surface area contributed by atoms with Crippen LogP contribution in [-0.4, -0.2) is 21.2 Å². The summed E-state index contributed by atoms with van der Waals surface area (Å²) in [5, 5.41) is 11.6. The number of para-hydroxylation sites is 1. The highest BCUT2D eigenvalue weighted by atomic mass is 16.3. The number of fused-ring (bicyclic) bond motifs is 5. The minimum Gasteiger partial charge on any atom is -0.390 e. The van der Waals surface area contributed by atoms with E-state index in [1.54, 1.807) is 13.8 Å². The van der Waals surface area contributed by atoms with Gasteiger partial charge in [0.1, 0.15) is 0 Å². The Bertz CT molecular complexity index is 1050. The lowest BCUT2D eigenvalue weighted by atomic mass is 9.69. The van der Waals surface area contributed by atoms with E-state index in [1.807, 2.05) is 29.7 Å². The number of rotatable bonds is 2. The van der Waals surface area contributed by atoms with Crippen molar-refractivity contribution in [2.24, 2.45) is 0 Å². The van der Waals surface area contributed by atoms with Gasteiger partial charge < -0.3 is 5.11 Å². The van der Waals surface area contributed by atoms with Crippen LogP contribution in [-0.2, 0) is 5.41 Å². The van der Waals surface area contributed by atoms with E-state index in [-0.39, 0.29) is 5.91 Å². The third kappa shape index (κ3) is 2.27. The molecule has 3 aromatic rings. The molecular weight excluding hydrogens is 322 g/mol. The van der Waals surface area contributed by atoms with E-state index in [9.17, 15) is 9.90 Å². The predicted molar refractivity (Wildman–Crippen MR) is 106 cm³/mol. The maximum absolute atomic E-state index is 13.7. The zero-order valence-corrected chi connectivity index (χ0v) is 16.1. The van der Waals surface area contributed by atoms with Crippen molar-refractivity contribution in [2.75, 3.05) is 0 Å². The smallest absolute Gasteiger partial charge is 0.242 e. The van der Waals surface area contributed by atoms with Gasteiger partial charge in [-0.25, -0.2) is 0 Å². The van der Waals surface area contributed by atoms with E-state index < -0.39 is 11.0 Å². The lowest BCUT2D eigenvalue weighted by Gasteiger charge is -2.39. The molecule has 1 aliphatic rings. The quantitative estimate of drug-likeness (QED) is 0.709. The third-order valence-electron chi connectivity index (χ3n) is 5.61. The van der Waals surface area contributed by atoms with Crippen molar-refractivity contribution in [1.29, 1.82) is 0 Å². The van der Waals surface area contributed by atoms with Gasteiger partial charge in [0, 0.05) is 10.9 Å². The molecule has 0 unspecified atom stereocenters. The lowest BCUT2D eigenvalue weighted by molar-refractivity contribution is 0.0378. The molecule has 0 bridgehead atoms. The summed E-state index contributed by atoms with van der Waals surface area (Å²) >= 11 is 0. The minimum atomic E-state index is -0.942. The van der Waals surface area contributed by atoms with Gasteiger partial charge in [-0.1, -0.05) is 35.9 Å². The number of aryl methyl sites for hydroxylation is 2. The minimum absolute atomic E-state index is 0.0373. The van der Waals surface area contributed by atoms with Gasteiger partial charge in [0.2, 0.25) is 5.91 Å². The first kappa shape index (κ1) is 17.0. The number of nitrogens with zero attached hydrogens (tertiary/aromatic N) is 1. The van der Waals surface area contributed by atoms with E-state index in [2.05, 4.69) is 38.1 Å². The van der Waals surface area contributed by atoms with Gasteiger partial charge in [0.05, 0.1) is 22.2 Å². The van der Waals surface area contributed by atoms with E-state index in [0.717, 1.165) is 33.3 Å². The first-order valence-corrected chi connectivity index (χ1v) is 9.12. The van der Waals surface area contributed by atoms with Crippen LogP contribution in [0.1, 0.15) is 48.7 Å². The summed E-state index contributed by atoms with van der Waals surface area (Å²) in [5.74, 6) is 0.0373. The molecule has 1 atom stereocenters. The Balaban J connectivity index is 2.13. The molecule has 0 aliphatic carbocycles. The van der Waals surface area contributed by atoms with Crippen LogP contribution in [0, 0.1) is 13.8 Å². The van der Waals surface area contributed by atoms with Crippen LogP contribution in [0.2, 0.25) is 0 Å². The van der Waals surface area contributed by atoms with Crippen LogP contribution in [0.15, 0.2) is 42.5 Å². The van der Waals surface area contributed by atoms with E-state index in [4.69, 9.17) is 0 Å². The third-order valence-corrected chi connectivity index (χ3v) is 5.61. The van der Waals surface area contributed by atoms with Crippen LogP contribution in [0.3, 0.4) is 0 Å². The molecule has 4 rings (SSSR count). The molecule has 0 saturated carbocycles. The fourth-order valence-electron chi connectivity index (χ4n) is 4.67. The Labute approximate surface area is 154 Å². The molecule has 3 heteroatoms. The SMILES string of the molecule is Cc1ccc2c(c1)-c1c(C)c3ccccc3n1C(=O)[C@]2(C)CC(C)(C)O. The van der Waals surface area contributed by atoms with Crippen molar-refractivity contribution in [3.8, 4) is 11.3 Å². The Morgan fingerprint density at radius 2 is 1.81 bits per heavy atom. The number of aromatic nitrogens is 1. The molecule has 3 nitrogen and oxygen atoms in total. The average Bonchev–Trinajstić information content (AvgIpc) is 2.85. The summed E-state index contributed by atoms with van der Waals surface area (Å²) < 4.78 is 1.87. The molecular formula is C23H25NO2. The number of hydrogen-bond donors (Lipinski definition) is 1. The topological polar surface area (TPSA) is 42.2 Å². The molecule has 134 valence electrons. The monoisotopic (exact) mass is 347 g/mol. The van der Waals surface area contributed by atoms with Gasteiger partial charge in [-0.3, -0.25) is 9.36 Å². The van der Waals surface area contributed by atoms with Gasteiger partial charge in [-0.05, 0) is 64.3 Å². The van der Waals surface area contributed by atoms with Crippen molar-refractivity contribution in [3.63, 3.8) is 0 Å². The van der Waals surface area contributed by atoms with Gasteiger partial charge in [-0.15, -0.1) is 0 Å². The van der Waals surface area contributed by atoms with E-state index in [0.29, 0.717) is 6.42 Å². The van der Waals surface area contributed by atoms with Gasteiger partial charge in [0.15, 0.2) is 0 Å². The first-order chi connectivity index (χ1) is 12.1. The molecule has 2 aromatic carbocycles. The second-order valence-electron chi connectivity index (χ2n) is 8.50. The Morgan fingerprint density at radius 3 is 2.50 bits per heavy atom. The molecule has 2 heterocycles. The second kappa shape index (κ2) is 5.31. The summed E-state index contributed by atoms with van der Waals surface area (Å²) in [5.41, 5.74) is 4.62. The maximum atomic E-state index is 13.7. The molecule has 0 radical (unpaired) electrons. The highest BCUT2D eigenvalue weighted by molar-refractivity contribution is 6.08. The number of carbonyl (C=O) groups excluding carboxylic acids is 1. The van der Waals surface area contributed by atoms with Crippen molar-refractivity contribution >= 4 is 16.8 Å². The molecule has 0 amide bonds. The Hall–Kier alpha value is -2.39. The molecule has 0 fully saturated rings. The fourth-order valence-corrected chi connectivity index (χ4v) is 4.67. The molecule has 26 heavy (non-hydrogen) atoms. The van der Waals surface area contributed by atoms with Crippen LogP contribution < -0.4 is 0 Å². The van der Waals surface area contributed by atoms with Crippen molar-refractivity contribution in [2.45, 2.75) is 52.1 Å². The predicted octanol–water partition coefficient (Wildman–Crippen LogP) is 5.00. The van der Waals surface area contributed by atoms with Crippen LogP contribution in [0.25, 0.3) is 22.2 Å². The van der Waals surface area contributed by atoms with Crippen LogP contribution >= 0.6 is 0 Å². The average molecular weight is 347 g/mol. The zero-order valence-electron chi connectivity index (χ0n) is 16.1. The highest BCUT2D eigenvalue weighted by Gasteiger charge is 2.46. The first-order valence-electron chi connectivity index (χ1n) is 9.12. The number of benzene rings is 2. The van der Waals surface area contributed by atoms with Crippen LogP contribution in [0.4, 0.5) is 0 Å². The normalized spacial score (nSPS) is 19.5. The second-order valence-corrected chi connectivity index (χ2v) is 8.50. The molecule has 0 saturated heterocycles. The number of hydrogen-bond acceptors (Lipinski definition) is 2. The largest absolute Gasteiger partial charge is 0.390 e. The summed E-state index contributed by atoms with van der Waals surface area (Å²) in [6.45, 7) is 9.68. The molecule has 1 aromatic heterocycles. The van der Waals surface area contributed by atoms with Gasteiger partial charge in [0.25, 0.3) is 0 Å². The Morgan fingerprint density at radius 1 is 1.12 bits per heavy atom. The molecule has 1 N–H and O–H groups in total. The summed E-state index contributed by atoms with van der Waals surface area (Å²) in [6, 6.07) is 14.4. The fraction of sp³-hybridized carbons (Fsp3) is 0.348. The summed E-state index contributed by atoms with van der Waals surface area (Å²) in [7, 11) is 0. The summed E-state index contributed by atoms with van der Waals surface area (Å²) in [4.78, 5) is 13.7. The van der Waals surface area contributed by atoms with E-state index in [1.165, 1.54) is 5.56 Å². The van der Waals surface area contributed by atoms with Gasteiger partial charge >= 0.3 is 0 Å². The lowest BCUT2D eigenvalue weighted by Crippen LogP contribution is -2.45. The maximum Gasteiger partial charge on any atom is 0.242 e. The van der Waals surface area contributed by atoms with Crippen molar-refractivity contribution in [3.05, 3.63) is 59.2 Å². The summed E-state index contributed by atoms with van der Waals surface area (Å²) in [6.07, 6.45) is 0.375. The van der Waals surface area contributed by atoms with E-state index >= 15 is 0 Å². The van der Waals surface area contributed by atoms with Crippen molar-refractivity contribution in [1.82, 2.24) is 4.57 Å². The number of carbonyl (C=O) groups is 1.